The highest BCUT2D eigenvalue weighted by molar-refractivity contribution is 5.38. The largest absolute Gasteiger partial charge is 0.389 e. The average Bonchev–Trinajstić information content (AvgIpc) is 2.19. The van der Waals surface area contributed by atoms with Crippen molar-refractivity contribution in [1.29, 1.82) is 0 Å². The molecule has 1 atom stereocenters. The first-order valence-corrected chi connectivity index (χ1v) is 5.47. The van der Waals surface area contributed by atoms with Gasteiger partial charge in [-0.25, -0.2) is 0 Å². The van der Waals surface area contributed by atoms with Gasteiger partial charge in [-0.3, -0.25) is 4.90 Å². The van der Waals surface area contributed by atoms with E-state index < -0.39 is 0 Å². The zero-order valence-corrected chi connectivity index (χ0v) is 10.3. The van der Waals surface area contributed by atoms with Gasteiger partial charge in [0.15, 0.2) is 0 Å². The van der Waals surface area contributed by atoms with Crippen molar-refractivity contribution >= 4 is 0 Å². The Morgan fingerprint density at radius 1 is 1.60 bits per heavy atom. The molecule has 0 spiro atoms. The molecule has 84 valence electrons. The summed E-state index contributed by atoms with van der Waals surface area (Å²) in [7, 11) is 2.16. The summed E-state index contributed by atoms with van der Waals surface area (Å²) in [6.07, 6.45) is 4.28. The molecule has 0 radical (unpaired) electrons. The Bertz CT molecular complexity index is 300. The number of rotatable bonds is 1. The molecule has 1 heterocycles. The molecule has 2 heteroatoms. The summed E-state index contributed by atoms with van der Waals surface area (Å²) in [4.78, 5) is 2.36. The first kappa shape index (κ1) is 12.1. The third-order valence-electron chi connectivity index (χ3n) is 2.82. The predicted octanol–water partition coefficient (Wildman–Crippen LogP) is 2.32. The second-order valence-corrected chi connectivity index (χ2v) is 4.54. The Morgan fingerprint density at radius 3 is 2.87 bits per heavy atom. The van der Waals surface area contributed by atoms with E-state index in [2.05, 4.69) is 50.0 Å². The van der Waals surface area contributed by atoms with Gasteiger partial charge in [-0.05, 0) is 39.0 Å². The lowest BCUT2D eigenvalue weighted by atomic mass is 10.1. The van der Waals surface area contributed by atoms with Crippen molar-refractivity contribution in [3.63, 3.8) is 0 Å². The van der Waals surface area contributed by atoms with Gasteiger partial charge in [0, 0.05) is 25.3 Å². The van der Waals surface area contributed by atoms with Crippen molar-refractivity contribution in [1.82, 2.24) is 10.2 Å². The molecule has 1 rings (SSSR count). The molecule has 0 amide bonds. The summed E-state index contributed by atoms with van der Waals surface area (Å²) < 4.78 is 0. The van der Waals surface area contributed by atoms with Gasteiger partial charge in [-0.15, -0.1) is 0 Å². The standard InChI is InChI=1S/C13H22N2/c1-10(2)13-6-11(3)9-15(5)12(4)7-14-8-13/h6,8,12,14H,1,7,9H2,2-5H3. The fourth-order valence-corrected chi connectivity index (χ4v) is 1.64. The molecule has 15 heavy (non-hydrogen) atoms. The minimum Gasteiger partial charge on any atom is -0.389 e. The first-order valence-electron chi connectivity index (χ1n) is 5.47. The molecule has 0 saturated carbocycles. The maximum atomic E-state index is 3.99. The lowest BCUT2D eigenvalue weighted by Crippen LogP contribution is -2.36. The van der Waals surface area contributed by atoms with Gasteiger partial charge in [0.1, 0.15) is 0 Å². The topological polar surface area (TPSA) is 15.3 Å². The summed E-state index contributed by atoms with van der Waals surface area (Å²) in [5, 5.41) is 3.35. The smallest absolute Gasteiger partial charge is 0.0295 e. The van der Waals surface area contributed by atoms with E-state index in [-0.39, 0.29) is 0 Å². The van der Waals surface area contributed by atoms with Gasteiger partial charge >= 0.3 is 0 Å². The molecule has 0 fully saturated rings. The molecule has 0 aromatic carbocycles. The Kier molecular flexibility index (Phi) is 4.15. The van der Waals surface area contributed by atoms with Crippen LogP contribution < -0.4 is 5.32 Å². The van der Waals surface area contributed by atoms with E-state index in [9.17, 15) is 0 Å². The van der Waals surface area contributed by atoms with E-state index in [4.69, 9.17) is 0 Å². The number of hydrogen-bond acceptors (Lipinski definition) is 2. The lowest BCUT2D eigenvalue weighted by molar-refractivity contribution is 0.277. The predicted molar refractivity (Wildman–Crippen MR) is 66.7 cm³/mol. The average molecular weight is 206 g/mol. The highest BCUT2D eigenvalue weighted by Crippen LogP contribution is 2.13. The molecule has 2 nitrogen and oxygen atoms in total. The highest BCUT2D eigenvalue weighted by atomic mass is 15.1. The van der Waals surface area contributed by atoms with Crippen LogP contribution in [0.4, 0.5) is 0 Å². The molecule has 1 aliphatic rings. The Morgan fingerprint density at radius 2 is 2.27 bits per heavy atom. The summed E-state index contributed by atoms with van der Waals surface area (Å²) in [6.45, 7) is 12.4. The number of allylic oxidation sites excluding steroid dienone is 3. The summed E-state index contributed by atoms with van der Waals surface area (Å²) >= 11 is 0. The number of hydrogen-bond donors (Lipinski definition) is 1. The second-order valence-electron chi connectivity index (χ2n) is 4.54. The van der Waals surface area contributed by atoms with Crippen molar-refractivity contribution < 1.29 is 0 Å². The fraction of sp³-hybridized carbons (Fsp3) is 0.538. The molecule has 1 unspecified atom stereocenters. The van der Waals surface area contributed by atoms with E-state index in [1.165, 1.54) is 11.1 Å². The molecule has 1 aliphatic heterocycles. The second kappa shape index (κ2) is 5.17. The van der Waals surface area contributed by atoms with Crippen LogP contribution in [0.15, 0.2) is 35.6 Å². The summed E-state index contributed by atoms with van der Waals surface area (Å²) in [5.74, 6) is 0. The van der Waals surface area contributed by atoms with Crippen LogP contribution in [0.5, 0.6) is 0 Å². The highest BCUT2D eigenvalue weighted by Gasteiger charge is 2.10. The lowest BCUT2D eigenvalue weighted by Gasteiger charge is -2.24. The third kappa shape index (κ3) is 3.56. The molecule has 0 aliphatic carbocycles. The van der Waals surface area contributed by atoms with Crippen LogP contribution in [0.25, 0.3) is 0 Å². The van der Waals surface area contributed by atoms with E-state index in [0.29, 0.717) is 6.04 Å². The molecule has 0 aromatic rings. The van der Waals surface area contributed by atoms with Gasteiger partial charge < -0.3 is 5.32 Å². The van der Waals surface area contributed by atoms with Crippen molar-refractivity contribution in [2.75, 3.05) is 20.1 Å². The molecule has 0 saturated heterocycles. The number of nitrogens with zero attached hydrogens (tertiary/aromatic N) is 1. The maximum Gasteiger partial charge on any atom is 0.0295 e. The van der Waals surface area contributed by atoms with Crippen LogP contribution in [0.1, 0.15) is 20.8 Å². The van der Waals surface area contributed by atoms with E-state index in [1.54, 1.807) is 0 Å². The Balaban J connectivity index is 2.88. The monoisotopic (exact) mass is 206 g/mol. The van der Waals surface area contributed by atoms with Gasteiger partial charge in [-0.2, -0.15) is 0 Å². The maximum absolute atomic E-state index is 3.99. The van der Waals surface area contributed by atoms with E-state index >= 15 is 0 Å². The van der Waals surface area contributed by atoms with Crippen LogP contribution in [-0.2, 0) is 0 Å². The molecular weight excluding hydrogens is 184 g/mol. The quantitative estimate of drug-likeness (QED) is 0.708. The number of nitrogens with one attached hydrogen (secondary N) is 1. The van der Waals surface area contributed by atoms with Crippen LogP contribution in [0.3, 0.4) is 0 Å². The van der Waals surface area contributed by atoms with E-state index in [1.807, 2.05) is 6.92 Å². The van der Waals surface area contributed by atoms with Crippen LogP contribution in [-0.4, -0.2) is 31.1 Å². The van der Waals surface area contributed by atoms with Crippen LogP contribution in [0.2, 0.25) is 0 Å². The third-order valence-corrected chi connectivity index (χ3v) is 2.82. The first-order chi connectivity index (χ1) is 7.00. The van der Waals surface area contributed by atoms with Gasteiger partial charge in [-0.1, -0.05) is 18.2 Å². The summed E-state index contributed by atoms with van der Waals surface area (Å²) in [5.41, 5.74) is 3.69. The molecule has 0 aromatic heterocycles. The van der Waals surface area contributed by atoms with Crippen molar-refractivity contribution in [2.45, 2.75) is 26.8 Å². The molecule has 1 N–H and O–H groups in total. The van der Waals surface area contributed by atoms with E-state index in [0.717, 1.165) is 18.7 Å². The molecular formula is C13H22N2. The zero-order valence-electron chi connectivity index (χ0n) is 10.3. The minimum atomic E-state index is 0.550. The Labute approximate surface area is 93.4 Å². The SMILES string of the molecule is C=C(C)C1=CNCC(C)N(C)CC(C)=C1. The van der Waals surface area contributed by atoms with Gasteiger partial charge in [0.05, 0.1) is 0 Å². The van der Waals surface area contributed by atoms with Crippen molar-refractivity contribution in [3.8, 4) is 0 Å². The Hall–Kier alpha value is -1.02. The minimum absolute atomic E-state index is 0.550. The van der Waals surface area contributed by atoms with Gasteiger partial charge in [0.25, 0.3) is 0 Å². The number of likely N-dealkylation sites (N-methyl/N-ethyl adjacent to an activating group) is 1. The van der Waals surface area contributed by atoms with Gasteiger partial charge in [0.2, 0.25) is 0 Å². The molecule has 0 bridgehead atoms. The summed E-state index contributed by atoms with van der Waals surface area (Å²) in [6, 6.07) is 0.550. The van der Waals surface area contributed by atoms with Crippen molar-refractivity contribution in [2.24, 2.45) is 0 Å². The normalized spacial score (nSPS) is 24.1. The van der Waals surface area contributed by atoms with Crippen LogP contribution >= 0.6 is 0 Å². The van der Waals surface area contributed by atoms with Crippen LogP contribution in [0, 0.1) is 0 Å². The fourth-order valence-electron chi connectivity index (χ4n) is 1.64. The van der Waals surface area contributed by atoms with Crippen molar-refractivity contribution in [3.05, 3.63) is 35.6 Å². The zero-order chi connectivity index (χ0) is 11.4.